The molecule has 0 aromatic heterocycles. The molecule has 1 aliphatic heterocycles. The van der Waals surface area contributed by atoms with E-state index in [9.17, 15) is 19.8 Å². The number of amides is 1. The molecule has 10 nitrogen and oxygen atoms in total. The highest BCUT2D eigenvalue weighted by molar-refractivity contribution is 5.89. The molecule has 2 unspecified atom stereocenters. The number of rotatable bonds is 41. The Bertz CT molecular complexity index is 1780. The second-order valence-corrected chi connectivity index (χ2v) is 19.7. The number of aliphatic hydroxyl groups is 2. The Morgan fingerprint density at radius 1 is 0.592 bits per heavy atom. The minimum absolute atomic E-state index is 0.130. The molecule has 71 heavy (non-hydrogen) atoms. The lowest BCUT2D eigenvalue weighted by Crippen LogP contribution is -2.61. The summed E-state index contributed by atoms with van der Waals surface area (Å²) in [7, 11) is 0. The maximum Gasteiger partial charge on any atom is 0.338 e. The van der Waals surface area contributed by atoms with Crippen LogP contribution in [0.5, 0.6) is 0 Å². The first kappa shape index (κ1) is 59.7. The third kappa shape index (κ3) is 25.6. The summed E-state index contributed by atoms with van der Waals surface area (Å²) in [5.41, 5.74) is 2.21. The van der Waals surface area contributed by atoms with Crippen molar-refractivity contribution in [3.8, 4) is 0 Å². The van der Waals surface area contributed by atoms with E-state index in [1.54, 1.807) is 24.3 Å². The average molecular weight is 984 g/mol. The second-order valence-electron chi connectivity index (χ2n) is 19.7. The third-order valence-electron chi connectivity index (χ3n) is 13.6. The third-order valence-corrected chi connectivity index (χ3v) is 13.6. The molecule has 1 aliphatic rings. The van der Waals surface area contributed by atoms with Crippen molar-refractivity contribution in [1.29, 1.82) is 0 Å². The van der Waals surface area contributed by atoms with Gasteiger partial charge in [-0.2, -0.15) is 0 Å². The molecule has 1 heterocycles. The van der Waals surface area contributed by atoms with Gasteiger partial charge in [-0.05, 0) is 48.6 Å². The molecule has 10 heteroatoms. The zero-order chi connectivity index (χ0) is 50.4. The molecule has 1 amide bonds. The van der Waals surface area contributed by atoms with Crippen LogP contribution in [0.1, 0.15) is 202 Å². The predicted octanol–water partition coefficient (Wildman–Crippen LogP) is 13.7. The summed E-state index contributed by atoms with van der Waals surface area (Å²) in [5.74, 6) is -0.670. The highest BCUT2D eigenvalue weighted by atomic mass is 16.7. The average Bonchev–Trinajstić information content (AvgIpc) is 3.40. The number of ether oxygens (including phenoxy) is 5. The van der Waals surface area contributed by atoms with E-state index in [2.05, 4.69) is 25.2 Å². The molecule has 0 spiro atoms. The summed E-state index contributed by atoms with van der Waals surface area (Å²) >= 11 is 0. The molecule has 3 aromatic carbocycles. The highest BCUT2D eigenvalue weighted by Gasteiger charge is 2.48. The van der Waals surface area contributed by atoms with Crippen LogP contribution < -0.4 is 5.32 Å². The van der Waals surface area contributed by atoms with Gasteiger partial charge >= 0.3 is 5.97 Å². The van der Waals surface area contributed by atoms with Crippen LogP contribution in [0.3, 0.4) is 0 Å². The van der Waals surface area contributed by atoms with Crippen molar-refractivity contribution in [3.63, 3.8) is 0 Å². The summed E-state index contributed by atoms with van der Waals surface area (Å²) in [5, 5.41) is 25.3. The standard InChI is InChI=1S/C61H93NO9/c1-3-5-7-9-11-13-15-17-19-21-23-25-36-44-54(70-60(66)52-42-34-29-35-43-52)53(62-56(64)45-37-26-24-22-20-18-16-14-12-10-8-6-4-2)49-69-61-59(68-48-51-40-32-28-33-41-51)58(57(65)55(46-63)71-61)67-47-50-38-30-27-31-39-50/h27-36,38-44,53-55,57-59,61,63,65H,3-26,37,45-49H2,1-2H3,(H,62,64)/t53?,54?,55-,57+,58+,59-,61-/m1/s1. The maximum atomic E-state index is 13.9. The van der Waals surface area contributed by atoms with Gasteiger partial charge in [-0.25, -0.2) is 4.79 Å². The Kier molecular flexibility index (Phi) is 32.5. The largest absolute Gasteiger partial charge is 0.452 e. The van der Waals surface area contributed by atoms with Crippen LogP contribution in [0.25, 0.3) is 0 Å². The summed E-state index contributed by atoms with van der Waals surface area (Å²) in [6.45, 7) is 4.25. The molecule has 3 aromatic rings. The predicted molar refractivity (Wildman–Crippen MR) is 286 cm³/mol. The Morgan fingerprint density at radius 2 is 1.04 bits per heavy atom. The van der Waals surface area contributed by atoms with Gasteiger partial charge in [-0.1, -0.05) is 240 Å². The fourth-order valence-electron chi connectivity index (χ4n) is 9.25. The second kappa shape index (κ2) is 38.7. The minimum atomic E-state index is -1.24. The Balaban J connectivity index is 1.48. The number of unbranched alkanes of at least 4 members (excludes halogenated alkanes) is 23. The van der Waals surface area contributed by atoms with E-state index in [0.29, 0.717) is 12.0 Å². The van der Waals surface area contributed by atoms with Crippen LogP contribution in [0, 0.1) is 0 Å². The Hall–Kier alpha value is -3.90. The molecule has 0 saturated carbocycles. The van der Waals surface area contributed by atoms with Gasteiger partial charge in [0.05, 0.1) is 38.0 Å². The molecule has 396 valence electrons. The molecule has 0 bridgehead atoms. The van der Waals surface area contributed by atoms with Gasteiger partial charge in [-0.15, -0.1) is 0 Å². The van der Waals surface area contributed by atoms with E-state index in [1.165, 1.54) is 122 Å². The summed E-state index contributed by atoms with van der Waals surface area (Å²) in [6, 6.07) is 27.4. The van der Waals surface area contributed by atoms with Crippen LogP contribution in [0.15, 0.2) is 103 Å². The molecular formula is C61H93NO9. The molecule has 7 atom stereocenters. The van der Waals surface area contributed by atoms with Crippen molar-refractivity contribution < 1.29 is 43.5 Å². The van der Waals surface area contributed by atoms with Gasteiger partial charge < -0.3 is 39.2 Å². The number of carbonyl (C=O) groups excluding carboxylic acids is 2. The Morgan fingerprint density at radius 3 is 1.54 bits per heavy atom. The summed E-state index contributed by atoms with van der Waals surface area (Å²) in [4.78, 5) is 27.7. The van der Waals surface area contributed by atoms with E-state index in [1.807, 2.05) is 72.8 Å². The summed E-state index contributed by atoms with van der Waals surface area (Å²) in [6.07, 6.45) is 28.4. The topological polar surface area (TPSA) is 133 Å². The van der Waals surface area contributed by atoms with E-state index in [0.717, 1.165) is 49.7 Å². The lowest BCUT2D eigenvalue weighted by molar-refractivity contribution is -0.320. The van der Waals surface area contributed by atoms with E-state index in [4.69, 9.17) is 23.7 Å². The number of nitrogens with one attached hydrogen (secondary N) is 1. The van der Waals surface area contributed by atoms with Crippen molar-refractivity contribution in [2.45, 2.75) is 237 Å². The number of carbonyl (C=O) groups is 2. The summed E-state index contributed by atoms with van der Waals surface area (Å²) < 4.78 is 32.1. The van der Waals surface area contributed by atoms with Gasteiger partial charge in [-0.3, -0.25) is 4.79 Å². The van der Waals surface area contributed by atoms with Gasteiger partial charge in [0.25, 0.3) is 0 Å². The SMILES string of the molecule is CCCCCCCCCCCCCC=CC(OC(=O)c1ccccc1)C(CO[C@@H]1O[C@H](CO)[C@H](O)[C@H](OCc2ccccc2)[C@H]1OCc1ccccc1)NC(=O)CCCCCCCCCCCCCCC. The molecule has 0 aliphatic carbocycles. The van der Waals surface area contributed by atoms with Crippen LogP contribution in [-0.4, -0.2) is 78.2 Å². The van der Waals surface area contributed by atoms with E-state index < -0.39 is 55.4 Å². The molecule has 1 fully saturated rings. The highest BCUT2D eigenvalue weighted by Crippen LogP contribution is 2.29. The van der Waals surface area contributed by atoms with Crippen molar-refractivity contribution >= 4 is 11.9 Å². The minimum Gasteiger partial charge on any atom is -0.452 e. The van der Waals surface area contributed by atoms with E-state index in [-0.39, 0.29) is 25.7 Å². The first-order chi connectivity index (χ1) is 34.9. The van der Waals surface area contributed by atoms with Gasteiger partial charge in [0.1, 0.15) is 30.5 Å². The lowest BCUT2D eigenvalue weighted by atomic mass is 9.98. The smallest absolute Gasteiger partial charge is 0.338 e. The van der Waals surface area contributed by atoms with Gasteiger partial charge in [0.2, 0.25) is 5.91 Å². The zero-order valence-corrected chi connectivity index (χ0v) is 43.8. The normalized spacial score (nSPS) is 18.9. The van der Waals surface area contributed by atoms with Crippen molar-refractivity contribution in [2.24, 2.45) is 0 Å². The maximum absolute atomic E-state index is 13.9. The van der Waals surface area contributed by atoms with Crippen LogP contribution >= 0.6 is 0 Å². The van der Waals surface area contributed by atoms with Crippen molar-refractivity contribution in [2.75, 3.05) is 13.2 Å². The number of esters is 1. The molecule has 3 N–H and O–H groups in total. The van der Waals surface area contributed by atoms with Crippen LogP contribution in [0.4, 0.5) is 0 Å². The monoisotopic (exact) mass is 984 g/mol. The van der Waals surface area contributed by atoms with Crippen molar-refractivity contribution in [1.82, 2.24) is 5.32 Å². The van der Waals surface area contributed by atoms with Crippen LogP contribution in [0.2, 0.25) is 0 Å². The molecular weight excluding hydrogens is 891 g/mol. The van der Waals surface area contributed by atoms with Crippen molar-refractivity contribution in [3.05, 3.63) is 120 Å². The number of hydrogen-bond acceptors (Lipinski definition) is 9. The fourth-order valence-corrected chi connectivity index (χ4v) is 9.25. The number of hydrogen-bond donors (Lipinski definition) is 3. The number of allylic oxidation sites excluding steroid dienone is 1. The Labute approximate surface area is 429 Å². The van der Waals surface area contributed by atoms with Gasteiger partial charge in [0.15, 0.2) is 6.29 Å². The number of benzene rings is 3. The fraction of sp³-hybridized carbons (Fsp3) is 0.639. The van der Waals surface area contributed by atoms with E-state index >= 15 is 0 Å². The zero-order valence-electron chi connectivity index (χ0n) is 43.8. The van der Waals surface area contributed by atoms with Gasteiger partial charge in [0, 0.05) is 6.42 Å². The number of aliphatic hydroxyl groups excluding tert-OH is 2. The first-order valence-corrected chi connectivity index (χ1v) is 28.0. The first-order valence-electron chi connectivity index (χ1n) is 28.0. The quantitative estimate of drug-likeness (QED) is 0.0289. The lowest BCUT2D eigenvalue weighted by Gasteiger charge is -2.44. The molecule has 1 saturated heterocycles. The molecule has 0 radical (unpaired) electrons. The van der Waals surface area contributed by atoms with Crippen LogP contribution in [-0.2, 0) is 41.7 Å². The molecule has 4 rings (SSSR count).